The highest BCUT2D eigenvalue weighted by atomic mass is 19.1. The standard InChI is InChI=1S/C21H25FN2O2/c1-2-13-24-14-11-16(12-15-24)23-21(25)10-8-17-7-9-20(26-17)18-5-3-4-6-19(18)22/h3-10,16H,2,11-15H2,1H3,(H,23,25)/b10-8+. The Morgan fingerprint density at radius 3 is 2.77 bits per heavy atom. The summed E-state index contributed by atoms with van der Waals surface area (Å²) in [4.78, 5) is 14.5. The molecule has 0 unspecified atom stereocenters. The molecule has 1 aliphatic heterocycles. The predicted octanol–water partition coefficient (Wildman–Crippen LogP) is 4.09. The molecule has 0 saturated carbocycles. The van der Waals surface area contributed by atoms with E-state index in [-0.39, 0.29) is 17.8 Å². The Hall–Kier alpha value is -2.40. The molecule has 5 heteroatoms. The van der Waals surface area contributed by atoms with E-state index in [1.54, 1.807) is 36.4 Å². The number of rotatable bonds is 6. The second-order valence-electron chi connectivity index (χ2n) is 6.64. The number of nitrogens with zero attached hydrogens (tertiary/aromatic N) is 1. The van der Waals surface area contributed by atoms with Crippen LogP contribution in [0.25, 0.3) is 17.4 Å². The van der Waals surface area contributed by atoms with Gasteiger partial charge in [0.25, 0.3) is 0 Å². The summed E-state index contributed by atoms with van der Waals surface area (Å²) in [5.41, 5.74) is 0.412. The van der Waals surface area contributed by atoms with Crippen LogP contribution in [0.2, 0.25) is 0 Å². The van der Waals surface area contributed by atoms with Gasteiger partial charge in [-0.1, -0.05) is 19.1 Å². The Bertz CT molecular complexity index is 761. The molecule has 0 aliphatic carbocycles. The lowest BCUT2D eigenvalue weighted by Gasteiger charge is -2.31. The molecule has 0 spiro atoms. The normalized spacial score (nSPS) is 16.2. The number of likely N-dealkylation sites (tertiary alicyclic amines) is 1. The monoisotopic (exact) mass is 356 g/mol. The minimum Gasteiger partial charge on any atom is -0.457 e. The molecule has 1 aromatic heterocycles. The summed E-state index contributed by atoms with van der Waals surface area (Å²) < 4.78 is 19.4. The van der Waals surface area contributed by atoms with Crippen LogP contribution >= 0.6 is 0 Å². The van der Waals surface area contributed by atoms with Crippen LogP contribution in [-0.4, -0.2) is 36.5 Å². The van der Waals surface area contributed by atoms with Crippen LogP contribution in [0.4, 0.5) is 4.39 Å². The fraction of sp³-hybridized carbons (Fsp3) is 0.381. The van der Waals surface area contributed by atoms with Crippen LogP contribution in [0.3, 0.4) is 0 Å². The fourth-order valence-electron chi connectivity index (χ4n) is 3.27. The lowest BCUT2D eigenvalue weighted by Crippen LogP contribution is -2.44. The second kappa shape index (κ2) is 8.81. The quantitative estimate of drug-likeness (QED) is 0.793. The smallest absolute Gasteiger partial charge is 0.244 e. The van der Waals surface area contributed by atoms with Crippen molar-refractivity contribution in [2.75, 3.05) is 19.6 Å². The predicted molar refractivity (Wildman–Crippen MR) is 101 cm³/mol. The lowest BCUT2D eigenvalue weighted by molar-refractivity contribution is -0.117. The number of hydrogen-bond acceptors (Lipinski definition) is 3. The average Bonchev–Trinajstić information content (AvgIpc) is 3.11. The maximum absolute atomic E-state index is 13.8. The molecule has 1 aliphatic rings. The minimum atomic E-state index is -0.329. The fourth-order valence-corrected chi connectivity index (χ4v) is 3.27. The molecule has 138 valence electrons. The maximum atomic E-state index is 13.8. The summed E-state index contributed by atoms with van der Waals surface area (Å²) in [7, 11) is 0. The molecule has 1 N–H and O–H groups in total. The molecule has 0 radical (unpaired) electrons. The van der Waals surface area contributed by atoms with Gasteiger partial charge in [0, 0.05) is 25.2 Å². The largest absolute Gasteiger partial charge is 0.457 e. The van der Waals surface area contributed by atoms with Crippen molar-refractivity contribution in [1.82, 2.24) is 10.2 Å². The van der Waals surface area contributed by atoms with Gasteiger partial charge in [0.1, 0.15) is 17.3 Å². The highest BCUT2D eigenvalue weighted by molar-refractivity contribution is 5.91. The van der Waals surface area contributed by atoms with E-state index in [0.29, 0.717) is 17.1 Å². The molecule has 3 rings (SSSR count). The van der Waals surface area contributed by atoms with Gasteiger partial charge in [0.15, 0.2) is 0 Å². The summed E-state index contributed by atoms with van der Waals surface area (Å²) in [5.74, 6) is 0.523. The number of benzene rings is 1. The van der Waals surface area contributed by atoms with Crippen LogP contribution < -0.4 is 5.32 Å². The third-order valence-corrected chi connectivity index (χ3v) is 4.64. The van der Waals surface area contributed by atoms with Gasteiger partial charge >= 0.3 is 0 Å². The van der Waals surface area contributed by atoms with Gasteiger partial charge in [0.2, 0.25) is 5.91 Å². The number of amides is 1. The van der Waals surface area contributed by atoms with Gasteiger partial charge in [-0.05, 0) is 56.1 Å². The van der Waals surface area contributed by atoms with E-state index in [4.69, 9.17) is 4.42 Å². The molecular formula is C21H25FN2O2. The zero-order valence-corrected chi connectivity index (χ0v) is 15.1. The van der Waals surface area contributed by atoms with E-state index >= 15 is 0 Å². The summed E-state index contributed by atoms with van der Waals surface area (Å²) in [6, 6.07) is 10.1. The Labute approximate surface area is 153 Å². The Kier molecular flexibility index (Phi) is 6.23. The summed E-state index contributed by atoms with van der Waals surface area (Å²) in [5, 5.41) is 3.05. The molecule has 26 heavy (non-hydrogen) atoms. The van der Waals surface area contributed by atoms with Crippen LogP contribution in [-0.2, 0) is 4.79 Å². The van der Waals surface area contributed by atoms with E-state index in [1.807, 2.05) is 0 Å². The van der Waals surface area contributed by atoms with Gasteiger partial charge in [-0.2, -0.15) is 0 Å². The highest BCUT2D eigenvalue weighted by Crippen LogP contribution is 2.25. The van der Waals surface area contributed by atoms with Gasteiger partial charge in [-0.15, -0.1) is 0 Å². The first-order valence-corrected chi connectivity index (χ1v) is 9.21. The number of hydrogen-bond donors (Lipinski definition) is 1. The number of carbonyl (C=O) groups is 1. The number of nitrogens with one attached hydrogen (secondary N) is 1. The van der Waals surface area contributed by atoms with Crippen LogP contribution in [0.1, 0.15) is 31.9 Å². The first-order chi connectivity index (χ1) is 12.7. The number of carbonyl (C=O) groups excluding carboxylic acids is 1. The molecule has 0 atom stereocenters. The summed E-state index contributed by atoms with van der Waals surface area (Å²) >= 11 is 0. The molecular weight excluding hydrogens is 331 g/mol. The van der Waals surface area contributed by atoms with Gasteiger partial charge in [-0.3, -0.25) is 4.79 Å². The zero-order valence-electron chi connectivity index (χ0n) is 15.1. The third-order valence-electron chi connectivity index (χ3n) is 4.64. The van der Waals surface area contributed by atoms with Crippen molar-refractivity contribution in [2.24, 2.45) is 0 Å². The Balaban J connectivity index is 1.52. The topological polar surface area (TPSA) is 45.5 Å². The van der Waals surface area contributed by atoms with E-state index in [9.17, 15) is 9.18 Å². The SMILES string of the molecule is CCCN1CCC(NC(=O)/C=C/c2ccc(-c3ccccc3F)o2)CC1. The number of halogens is 1. The molecule has 2 aromatic rings. The van der Waals surface area contributed by atoms with Crippen molar-refractivity contribution < 1.29 is 13.6 Å². The molecule has 1 saturated heterocycles. The average molecular weight is 356 g/mol. The first-order valence-electron chi connectivity index (χ1n) is 9.21. The van der Waals surface area contributed by atoms with Gasteiger partial charge in [0.05, 0.1) is 5.56 Å². The maximum Gasteiger partial charge on any atom is 0.244 e. The highest BCUT2D eigenvalue weighted by Gasteiger charge is 2.19. The zero-order chi connectivity index (χ0) is 18.4. The molecule has 1 aromatic carbocycles. The summed E-state index contributed by atoms with van der Waals surface area (Å²) in [6.07, 6.45) is 6.22. The van der Waals surface area contributed by atoms with E-state index in [0.717, 1.165) is 38.9 Å². The van der Waals surface area contributed by atoms with E-state index < -0.39 is 0 Å². The number of piperidine rings is 1. The third kappa shape index (κ3) is 4.82. The van der Waals surface area contributed by atoms with Crippen LogP contribution in [0.5, 0.6) is 0 Å². The molecule has 0 bridgehead atoms. The van der Waals surface area contributed by atoms with Gasteiger partial charge in [-0.25, -0.2) is 4.39 Å². The van der Waals surface area contributed by atoms with Crippen molar-refractivity contribution in [3.8, 4) is 11.3 Å². The molecule has 2 heterocycles. The van der Waals surface area contributed by atoms with Crippen molar-refractivity contribution in [3.05, 3.63) is 54.1 Å². The Morgan fingerprint density at radius 1 is 1.27 bits per heavy atom. The number of furan rings is 1. The molecule has 1 amide bonds. The van der Waals surface area contributed by atoms with Crippen molar-refractivity contribution in [3.63, 3.8) is 0 Å². The van der Waals surface area contributed by atoms with E-state index in [1.165, 1.54) is 12.1 Å². The second-order valence-corrected chi connectivity index (χ2v) is 6.64. The van der Waals surface area contributed by atoms with Gasteiger partial charge < -0.3 is 14.6 Å². The van der Waals surface area contributed by atoms with Crippen molar-refractivity contribution >= 4 is 12.0 Å². The summed E-state index contributed by atoms with van der Waals surface area (Å²) in [6.45, 7) is 5.38. The first kappa shape index (κ1) is 18.4. The van der Waals surface area contributed by atoms with Crippen molar-refractivity contribution in [2.45, 2.75) is 32.2 Å². The molecule has 4 nitrogen and oxygen atoms in total. The van der Waals surface area contributed by atoms with Crippen molar-refractivity contribution in [1.29, 1.82) is 0 Å². The van der Waals surface area contributed by atoms with Crippen LogP contribution in [0, 0.1) is 5.82 Å². The van der Waals surface area contributed by atoms with Crippen LogP contribution in [0.15, 0.2) is 46.9 Å². The lowest BCUT2D eigenvalue weighted by atomic mass is 10.0. The minimum absolute atomic E-state index is 0.122. The van der Waals surface area contributed by atoms with E-state index in [2.05, 4.69) is 17.1 Å². The molecule has 1 fully saturated rings. The Morgan fingerprint density at radius 2 is 2.04 bits per heavy atom.